The number of nitrogens with one attached hydrogen (secondary N) is 2. The van der Waals surface area contributed by atoms with E-state index in [1.165, 1.54) is 5.56 Å². The number of piperidine rings is 1. The fourth-order valence-corrected chi connectivity index (χ4v) is 2.63. The van der Waals surface area contributed by atoms with E-state index in [4.69, 9.17) is 9.73 Å². The summed E-state index contributed by atoms with van der Waals surface area (Å²) in [6, 6.07) is 9.16. The summed E-state index contributed by atoms with van der Waals surface area (Å²) < 4.78 is 5.16. The summed E-state index contributed by atoms with van der Waals surface area (Å²) >= 11 is 0. The van der Waals surface area contributed by atoms with Gasteiger partial charge >= 0.3 is 0 Å². The molecule has 2 heterocycles. The molecule has 2 aliphatic heterocycles. The molecular weight excluding hydrogens is 226 g/mol. The van der Waals surface area contributed by atoms with Crippen LogP contribution in [0.15, 0.2) is 29.3 Å². The lowest BCUT2D eigenvalue weighted by Gasteiger charge is -2.24. The first-order valence-corrected chi connectivity index (χ1v) is 6.52. The van der Waals surface area contributed by atoms with Gasteiger partial charge < -0.3 is 15.4 Å². The third-order valence-electron chi connectivity index (χ3n) is 3.65. The minimum atomic E-state index is 0.472. The minimum absolute atomic E-state index is 0.472. The van der Waals surface area contributed by atoms with Crippen molar-refractivity contribution in [3.05, 3.63) is 29.8 Å². The summed E-state index contributed by atoms with van der Waals surface area (Å²) in [6.45, 7) is 2.11. The van der Waals surface area contributed by atoms with E-state index in [1.807, 2.05) is 12.1 Å². The SMILES string of the molecule is COc1ccc(CC2=NC3CCNCC3N2)cc1. The molecule has 1 aromatic carbocycles. The van der Waals surface area contributed by atoms with Gasteiger partial charge in [0, 0.05) is 13.0 Å². The molecule has 96 valence electrons. The molecule has 0 aliphatic carbocycles. The fraction of sp³-hybridized carbons (Fsp3) is 0.500. The average Bonchev–Trinajstić information content (AvgIpc) is 2.82. The van der Waals surface area contributed by atoms with E-state index < -0.39 is 0 Å². The van der Waals surface area contributed by atoms with Crippen molar-refractivity contribution in [2.24, 2.45) is 4.99 Å². The topological polar surface area (TPSA) is 45.6 Å². The van der Waals surface area contributed by atoms with Crippen molar-refractivity contribution in [2.45, 2.75) is 24.9 Å². The molecule has 3 rings (SSSR count). The molecule has 0 aromatic heterocycles. The molecule has 2 N–H and O–H groups in total. The molecular formula is C14H19N3O. The highest BCUT2D eigenvalue weighted by atomic mass is 16.5. The zero-order valence-electron chi connectivity index (χ0n) is 10.6. The van der Waals surface area contributed by atoms with Crippen molar-refractivity contribution in [3.63, 3.8) is 0 Å². The zero-order chi connectivity index (χ0) is 12.4. The van der Waals surface area contributed by atoms with Crippen LogP contribution in [0.25, 0.3) is 0 Å². The molecule has 1 aromatic rings. The quantitative estimate of drug-likeness (QED) is 0.834. The molecule has 18 heavy (non-hydrogen) atoms. The predicted octanol–water partition coefficient (Wildman–Crippen LogP) is 0.970. The van der Waals surface area contributed by atoms with Gasteiger partial charge in [0.2, 0.25) is 0 Å². The van der Waals surface area contributed by atoms with Crippen LogP contribution in [0.5, 0.6) is 5.75 Å². The standard InChI is InChI=1S/C14H19N3O/c1-18-11-4-2-10(3-5-11)8-14-16-12-6-7-15-9-13(12)17-14/h2-5,12-13,15H,6-9H2,1H3,(H,16,17). The number of hydrogen-bond acceptors (Lipinski definition) is 4. The van der Waals surface area contributed by atoms with Gasteiger partial charge in [-0.15, -0.1) is 0 Å². The summed E-state index contributed by atoms with van der Waals surface area (Å²) in [6.07, 6.45) is 2.03. The Bertz CT molecular complexity index is 441. The minimum Gasteiger partial charge on any atom is -0.497 e. The number of ether oxygens (including phenoxy) is 1. The first kappa shape index (κ1) is 11.5. The third-order valence-corrected chi connectivity index (χ3v) is 3.65. The first-order chi connectivity index (χ1) is 8.85. The Labute approximate surface area is 107 Å². The van der Waals surface area contributed by atoms with Crippen LogP contribution >= 0.6 is 0 Å². The molecule has 1 saturated heterocycles. The van der Waals surface area contributed by atoms with Crippen LogP contribution in [0.2, 0.25) is 0 Å². The largest absolute Gasteiger partial charge is 0.497 e. The maximum absolute atomic E-state index is 5.16. The van der Waals surface area contributed by atoms with Gasteiger partial charge in [0.1, 0.15) is 11.6 Å². The summed E-state index contributed by atoms with van der Waals surface area (Å²) in [7, 11) is 1.69. The maximum Gasteiger partial charge on any atom is 0.118 e. The third kappa shape index (κ3) is 2.34. The average molecular weight is 245 g/mol. The Kier molecular flexibility index (Phi) is 3.19. The highest BCUT2D eigenvalue weighted by molar-refractivity contribution is 5.86. The molecule has 1 fully saturated rings. The van der Waals surface area contributed by atoms with Crippen molar-refractivity contribution in [2.75, 3.05) is 20.2 Å². The van der Waals surface area contributed by atoms with Crippen LogP contribution < -0.4 is 15.4 Å². The molecule has 2 aliphatic rings. The van der Waals surface area contributed by atoms with Crippen molar-refractivity contribution in [1.82, 2.24) is 10.6 Å². The Morgan fingerprint density at radius 1 is 1.33 bits per heavy atom. The predicted molar refractivity (Wildman–Crippen MR) is 72.3 cm³/mol. The molecule has 0 spiro atoms. The monoisotopic (exact) mass is 245 g/mol. The maximum atomic E-state index is 5.16. The van der Waals surface area contributed by atoms with Crippen LogP contribution in [-0.4, -0.2) is 38.1 Å². The normalized spacial score (nSPS) is 26.2. The van der Waals surface area contributed by atoms with Crippen LogP contribution in [0.3, 0.4) is 0 Å². The number of hydrogen-bond donors (Lipinski definition) is 2. The second-order valence-electron chi connectivity index (χ2n) is 4.91. The number of benzene rings is 1. The summed E-state index contributed by atoms with van der Waals surface area (Å²) in [4.78, 5) is 4.78. The number of rotatable bonds is 3. The van der Waals surface area contributed by atoms with Gasteiger partial charge in [0.05, 0.1) is 19.2 Å². The van der Waals surface area contributed by atoms with E-state index >= 15 is 0 Å². The zero-order valence-corrected chi connectivity index (χ0v) is 10.6. The highest BCUT2D eigenvalue weighted by Gasteiger charge is 2.30. The number of aliphatic imine (C=N–C) groups is 1. The van der Waals surface area contributed by atoms with Crippen LogP contribution in [0, 0.1) is 0 Å². The van der Waals surface area contributed by atoms with Crippen LogP contribution in [0.1, 0.15) is 12.0 Å². The van der Waals surface area contributed by atoms with E-state index in [-0.39, 0.29) is 0 Å². The second-order valence-corrected chi connectivity index (χ2v) is 4.91. The van der Waals surface area contributed by atoms with Gasteiger partial charge in [-0.3, -0.25) is 4.99 Å². The Morgan fingerprint density at radius 3 is 2.89 bits per heavy atom. The van der Waals surface area contributed by atoms with E-state index in [2.05, 4.69) is 22.8 Å². The van der Waals surface area contributed by atoms with Crippen LogP contribution in [-0.2, 0) is 6.42 Å². The molecule has 0 saturated carbocycles. The molecule has 2 atom stereocenters. The Hall–Kier alpha value is -1.55. The summed E-state index contributed by atoms with van der Waals surface area (Å²) in [5.41, 5.74) is 1.27. The van der Waals surface area contributed by atoms with Crippen molar-refractivity contribution in [3.8, 4) is 5.75 Å². The van der Waals surface area contributed by atoms with Gasteiger partial charge in [-0.1, -0.05) is 12.1 Å². The van der Waals surface area contributed by atoms with E-state index in [9.17, 15) is 0 Å². The first-order valence-electron chi connectivity index (χ1n) is 6.52. The lowest BCUT2D eigenvalue weighted by molar-refractivity contribution is 0.402. The van der Waals surface area contributed by atoms with Gasteiger partial charge in [-0.05, 0) is 30.7 Å². The van der Waals surface area contributed by atoms with Crippen molar-refractivity contribution in [1.29, 1.82) is 0 Å². The second kappa shape index (κ2) is 4.98. The lowest BCUT2D eigenvalue weighted by atomic mass is 10.0. The number of fused-ring (bicyclic) bond motifs is 1. The number of methoxy groups -OCH3 is 1. The van der Waals surface area contributed by atoms with Crippen molar-refractivity contribution >= 4 is 5.84 Å². The number of nitrogens with zero attached hydrogens (tertiary/aromatic N) is 1. The van der Waals surface area contributed by atoms with E-state index in [0.29, 0.717) is 12.1 Å². The summed E-state index contributed by atoms with van der Waals surface area (Å²) in [5.74, 6) is 2.02. The molecule has 0 radical (unpaired) electrons. The Balaban J connectivity index is 1.65. The molecule has 4 nitrogen and oxygen atoms in total. The molecule has 0 bridgehead atoms. The van der Waals surface area contributed by atoms with E-state index in [0.717, 1.165) is 37.5 Å². The Morgan fingerprint density at radius 2 is 2.17 bits per heavy atom. The molecule has 0 amide bonds. The fourth-order valence-electron chi connectivity index (χ4n) is 2.63. The lowest BCUT2D eigenvalue weighted by Crippen LogP contribution is -2.48. The summed E-state index contributed by atoms with van der Waals surface area (Å²) in [5, 5.41) is 6.93. The van der Waals surface area contributed by atoms with E-state index in [1.54, 1.807) is 7.11 Å². The highest BCUT2D eigenvalue weighted by Crippen LogP contribution is 2.17. The number of amidine groups is 1. The van der Waals surface area contributed by atoms with Gasteiger partial charge in [0.25, 0.3) is 0 Å². The van der Waals surface area contributed by atoms with Crippen molar-refractivity contribution < 1.29 is 4.74 Å². The van der Waals surface area contributed by atoms with Crippen LogP contribution in [0.4, 0.5) is 0 Å². The smallest absolute Gasteiger partial charge is 0.118 e. The van der Waals surface area contributed by atoms with Gasteiger partial charge in [-0.25, -0.2) is 0 Å². The van der Waals surface area contributed by atoms with Gasteiger partial charge in [0.15, 0.2) is 0 Å². The van der Waals surface area contributed by atoms with Gasteiger partial charge in [-0.2, -0.15) is 0 Å². The molecule has 4 heteroatoms. The molecule has 2 unspecified atom stereocenters.